The number of hydrogen-bond donors (Lipinski definition) is 3. The third-order valence-corrected chi connectivity index (χ3v) is 6.47. The SMILES string of the molecule is CS(=O)(=O)Nc1cc(-c2ccc(F)cc2F)cc(-c2cnc3cc(-c4cnn(CC(O)CO)c4)ccn23)c1. The molecule has 3 heterocycles. The zero-order chi connectivity index (χ0) is 27.0. The third kappa shape index (κ3) is 5.42. The molecular formula is C26H23F2N5O4S. The van der Waals surface area contributed by atoms with Gasteiger partial charge in [0, 0.05) is 40.8 Å². The molecule has 1 unspecified atom stereocenters. The monoisotopic (exact) mass is 539 g/mol. The molecular weight excluding hydrogens is 516 g/mol. The second kappa shape index (κ2) is 9.97. The predicted octanol–water partition coefficient (Wildman–Crippen LogP) is 3.53. The van der Waals surface area contributed by atoms with Gasteiger partial charge in [-0.1, -0.05) is 0 Å². The van der Waals surface area contributed by atoms with Crippen LogP contribution in [-0.4, -0.2) is 56.8 Å². The second-order valence-electron chi connectivity index (χ2n) is 8.87. The summed E-state index contributed by atoms with van der Waals surface area (Å²) in [6.45, 7) is -0.213. The van der Waals surface area contributed by atoms with E-state index in [1.807, 2.05) is 12.1 Å². The van der Waals surface area contributed by atoms with Crippen LogP contribution in [0.25, 0.3) is 39.2 Å². The zero-order valence-corrected chi connectivity index (χ0v) is 20.9. The molecule has 0 bridgehead atoms. The average Bonchev–Trinajstić information content (AvgIpc) is 3.49. The van der Waals surface area contributed by atoms with E-state index < -0.39 is 27.8 Å². The highest BCUT2D eigenvalue weighted by Crippen LogP contribution is 2.33. The number of fused-ring (bicyclic) bond motifs is 1. The Hall–Kier alpha value is -4.13. The van der Waals surface area contributed by atoms with E-state index in [1.165, 1.54) is 16.8 Å². The lowest BCUT2D eigenvalue weighted by molar-refractivity contribution is 0.0783. The number of aliphatic hydroxyl groups is 2. The van der Waals surface area contributed by atoms with E-state index in [1.54, 1.807) is 41.3 Å². The molecule has 0 aliphatic rings. The van der Waals surface area contributed by atoms with Crippen molar-refractivity contribution in [2.24, 2.45) is 0 Å². The Bertz CT molecular complexity index is 1750. The predicted molar refractivity (Wildman–Crippen MR) is 139 cm³/mol. The van der Waals surface area contributed by atoms with Crippen LogP contribution in [0.5, 0.6) is 0 Å². The summed E-state index contributed by atoms with van der Waals surface area (Å²) in [7, 11) is -3.63. The van der Waals surface area contributed by atoms with Gasteiger partial charge in [0.15, 0.2) is 0 Å². The zero-order valence-electron chi connectivity index (χ0n) is 20.1. The van der Waals surface area contributed by atoms with Crippen molar-refractivity contribution >= 4 is 21.4 Å². The molecule has 5 aromatic rings. The number of aliphatic hydroxyl groups excluding tert-OH is 2. The fraction of sp³-hybridized carbons (Fsp3) is 0.154. The first kappa shape index (κ1) is 25.5. The average molecular weight is 540 g/mol. The first-order chi connectivity index (χ1) is 18.1. The molecule has 3 aromatic heterocycles. The van der Waals surface area contributed by atoms with E-state index in [2.05, 4.69) is 14.8 Å². The van der Waals surface area contributed by atoms with Crippen molar-refractivity contribution in [2.75, 3.05) is 17.6 Å². The molecule has 9 nitrogen and oxygen atoms in total. The molecule has 12 heteroatoms. The molecule has 0 fully saturated rings. The van der Waals surface area contributed by atoms with Gasteiger partial charge in [-0.15, -0.1) is 0 Å². The van der Waals surface area contributed by atoms with E-state index in [-0.39, 0.29) is 24.4 Å². The van der Waals surface area contributed by atoms with E-state index in [0.717, 1.165) is 29.5 Å². The maximum absolute atomic E-state index is 14.6. The fourth-order valence-electron chi connectivity index (χ4n) is 4.19. The number of sulfonamides is 1. The molecule has 196 valence electrons. The molecule has 0 radical (unpaired) electrons. The number of pyridine rings is 1. The number of nitrogens with one attached hydrogen (secondary N) is 1. The number of nitrogens with zero attached hydrogens (tertiary/aromatic N) is 4. The van der Waals surface area contributed by atoms with E-state index in [0.29, 0.717) is 22.5 Å². The Kier molecular flexibility index (Phi) is 6.69. The Balaban J connectivity index is 1.56. The minimum atomic E-state index is -3.63. The maximum atomic E-state index is 14.6. The third-order valence-electron chi connectivity index (χ3n) is 5.86. The van der Waals surface area contributed by atoms with Gasteiger partial charge in [0.1, 0.15) is 17.3 Å². The van der Waals surface area contributed by atoms with E-state index >= 15 is 0 Å². The molecule has 0 saturated carbocycles. The summed E-state index contributed by atoms with van der Waals surface area (Å²) in [5, 5.41) is 22.9. The quantitative estimate of drug-likeness (QED) is 0.277. The molecule has 0 aliphatic carbocycles. The summed E-state index contributed by atoms with van der Waals surface area (Å²) in [5.74, 6) is -1.49. The van der Waals surface area contributed by atoms with Crippen LogP contribution in [0.1, 0.15) is 0 Å². The first-order valence-electron chi connectivity index (χ1n) is 11.5. The van der Waals surface area contributed by atoms with Gasteiger partial charge in [0.2, 0.25) is 10.0 Å². The molecule has 0 aliphatic heterocycles. The Morgan fingerprint density at radius 2 is 1.79 bits per heavy atom. The number of halogens is 2. The molecule has 2 aromatic carbocycles. The van der Waals surface area contributed by atoms with Crippen LogP contribution in [0.2, 0.25) is 0 Å². The first-order valence-corrected chi connectivity index (χ1v) is 13.4. The minimum absolute atomic E-state index is 0.115. The van der Waals surface area contributed by atoms with E-state index in [9.17, 15) is 22.3 Å². The van der Waals surface area contributed by atoms with Crippen molar-refractivity contribution in [3.05, 3.63) is 85.0 Å². The van der Waals surface area contributed by atoms with Crippen LogP contribution in [0.15, 0.2) is 73.3 Å². The summed E-state index contributed by atoms with van der Waals surface area (Å²) >= 11 is 0. The van der Waals surface area contributed by atoms with Crippen molar-refractivity contribution in [1.29, 1.82) is 0 Å². The number of anilines is 1. The van der Waals surface area contributed by atoms with Crippen molar-refractivity contribution in [2.45, 2.75) is 12.6 Å². The topological polar surface area (TPSA) is 122 Å². The lowest BCUT2D eigenvalue weighted by Crippen LogP contribution is -2.19. The summed E-state index contributed by atoms with van der Waals surface area (Å²) in [6.07, 6.45) is 6.90. The highest BCUT2D eigenvalue weighted by atomic mass is 32.2. The number of rotatable bonds is 8. The molecule has 38 heavy (non-hydrogen) atoms. The van der Waals surface area contributed by atoms with Crippen LogP contribution in [0.4, 0.5) is 14.5 Å². The number of benzene rings is 2. The Labute approximate surface area is 216 Å². The summed E-state index contributed by atoms with van der Waals surface area (Å²) in [6, 6.07) is 11.7. The number of hydrogen-bond acceptors (Lipinski definition) is 6. The number of imidazole rings is 1. The Morgan fingerprint density at radius 3 is 2.53 bits per heavy atom. The minimum Gasteiger partial charge on any atom is -0.394 e. The Morgan fingerprint density at radius 1 is 1.00 bits per heavy atom. The van der Waals surface area contributed by atoms with Gasteiger partial charge in [0.25, 0.3) is 0 Å². The summed E-state index contributed by atoms with van der Waals surface area (Å²) < 4.78 is 57.7. The maximum Gasteiger partial charge on any atom is 0.229 e. The molecule has 0 saturated heterocycles. The van der Waals surface area contributed by atoms with Gasteiger partial charge in [-0.2, -0.15) is 5.10 Å². The van der Waals surface area contributed by atoms with Crippen LogP contribution < -0.4 is 4.72 Å². The van der Waals surface area contributed by atoms with Crippen molar-refractivity contribution in [3.63, 3.8) is 0 Å². The largest absolute Gasteiger partial charge is 0.394 e. The molecule has 3 N–H and O–H groups in total. The van der Waals surface area contributed by atoms with Gasteiger partial charge in [-0.3, -0.25) is 13.8 Å². The standard InChI is InChI=1S/C26H23F2N5O4S/c1-38(36,37)31-21-7-17(23-3-2-20(27)10-24(23)28)6-18(8-21)25-12-29-26-9-16(4-5-33(25)26)19-11-30-32(13-19)14-22(35)15-34/h2-13,22,31,34-35H,14-15H2,1H3. The van der Waals surface area contributed by atoms with Crippen molar-refractivity contribution in [3.8, 4) is 33.5 Å². The molecule has 0 spiro atoms. The van der Waals surface area contributed by atoms with Crippen LogP contribution in [0.3, 0.4) is 0 Å². The summed E-state index contributed by atoms with van der Waals surface area (Å²) in [5.41, 5.74) is 4.07. The normalized spacial score (nSPS) is 12.7. The fourth-order valence-corrected chi connectivity index (χ4v) is 4.73. The smallest absolute Gasteiger partial charge is 0.229 e. The van der Waals surface area contributed by atoms with Gasteiger partial charge < -0.3 is 10.2 Å². The summed E-state index contributed by atoms with van der Waals surface area (Å²) in [4.78, 5) is 4.49. The van der Waals surface area contributed by atoms with Gasteiger partial charge in [-0.25, -0.2) is 22.2 Å². The highest BCUT2D eigenvalue weighted by Gasteiger charge is 2.15. The van der Waals surface area contributed by atoms with Crippen LogP contribution in [0, 0.1) is 11.6 Å². The van der Waals surface area contributed by atoms with E-state index in [4.69, 9.17) is 5.11 Å². The van der Waals surface area contributed by atoms with Gasteiger partial charge in [-0.05, 0) is 53.6 Å². The highest BCUT2D eigenvalue weighted by molar-refractivity contribution is 7.92. The van der Waals surface area contributed by atoms with Crippen molar-refractivity contribution in [1.82, 2.24) is 19.2 Å². The second-order valence-corrected chi connectivity index (χ2v) is 10.6. The van der Waals surface area contributed by atoms with Crippen LogP contribution in [-0.2, 0) is 16.6 Å². The number of aromatic nitrogens is 4. The molecule has 1 atom stereocenters. The van der Waals surface area contributed by atoms with Crippen LogP contribution >= 0.6 is 0 Å². The molecule has 5 rings (SSSR count). The van der Waals surface area contributed by atoms with Gasteiger partial charge >= 0.3 is 0 Å². The lowest BCUT2D eigenvalue weighted by atomic mass is 10.00. The lowest BCUT2D eigenvalue weighted by Gasteiger charge is -2.12. The van der Waals surface area contributed by atoms with Crippen molar-refractivity contribution < 1.29 is 27.4 Å². The molecule has 0 amide bonds. The van der Waals surface area contributed by atoms with Gasteiger partial charge in [0.05, 0.1) is 43.6 Å².